The normalized spacial score (nSPS) is 12.0. The smallest absolute Gasteiger partial charge is 0.237 e. The molecule has 5 nitrogen and oxygen atoms in total. The number of carbonyl (C=O) groups is 1. The van der Waals surface area contributed by atoms with Crippen LogP contribution in [0.5, 0.6) is 0 Å². The number of nitrogens with zero attached hydrogens (tertiary/aromatic N) is 3. The van der Waals surface area contributed by atoms with E-state index in [1.807, 2.05) is 62.6 Å². The molecular weight excluding hydrogens is 356 g/mol. The van der Waals surface area contributed by atoms with Crippen molar-refractivity contribution >= 4 is 23.4 Å². The summed E-state index contributed by atoms with van der Waals surface area (Å²) >= 11 is 1.42. The zero-order chi connectivity index (χ0) is 19.4. The van der Waals surface area contributed by atoms with Gasteiger partial charge in [-0.05, 0) is 44.9 Å². The second-order valence-electron chi connectivity index (χ2n) is 6.67. The molecule has 0 aliphatic carbocycles. The fraction of sp³-hybridized carbons (Fsp3) is 0.286. The van der Waals surface area contributed by atoms with E-state index < -0.39 is 0 Å². The molecule has 1 heterocycles. The number of aryl methyl sites for hydroxylation is 3. The molecule has 0 unspecified atom stereocenters. The first kappa shape index (κ1) is 19.2. The van der Waals surface area contributed by atoms with Gasteiger partial charge in [0.2, 0.25) is 5.91 Å². The Morgan fingerprint density at radius 3 is 2.56 bits per heavy atom. The summed E-state index contributed by atoms with van der Waals surface area (Å²) in [5.41, 5.74) is 4.26. The van der Waals surface area contributed by atoms with Gasteiger partial charge < -0.3 is 9.88 Å². The first-order valence-electron chi connectivity index (χ1n) is 8.92. The summed E-state index contributed by atoms with van der Waals surface area (Å²) in [5.74, 6) is 0.794. The van der Waals surface area contributed by atoms with Crippen LogP contribution in [0.2, 0.25) is 0 Å². The lowest BCUT2D eigenvalue weighted by Crippen LogP contribution is -2.23. The Labute approximate surface area is 164 Å². The fourth-order valence-electron chi connectivity index (χ4n) is 2.80. The first-order valence-corrected chi connectivity index (χ1v) is 9.80. The summed E-state index contributed by atoms with van der Waals surface area (Å²) in [4.78, 5) is 12.6. The minimum atomic E-state index is -0.288. The highest BCUT2D eigenvalue weighted by molar-refractivity contribution is 8.00. The Kier molecular flexibility index (Phi) is 5.96. The van der Waals surface area contributed by atoms with E-state index >= 15 is 0 Å². The van der Waals surface area contributed by atoms with Gasteiger partial charge in [-0.1, -0.05) is 59.8 Å². The molecule has 6 heteroatoms. The van der Waals surface area contributed by atoms with E-state index in [4.69, 9.17) is 0 Å². The Hall–Kier alpha value is -2.60. The predicted octanol–water partition coefficient (Wildman–Crippen LogP) is 4.37. The van der Waals surface area contributed by atoms with Crippen LogP contribution in [0.15, 0.2) is 53.7 Å². The van der Waals surface area contributed by atoms with Crippen molar-refractivity contribution < 1.29 is 4.79 Å². The van der Waals surface area contributed by atoms with E-state index in [-0.39, 0.29) is 11.2 Å². The molecule has 0 fully saturated rings. The molecule has 0 spiro atoms. The lowest BCUT2D eigenvalue weighted by atomic mass is 10.1. The number of carbonyl (C=O) groups excluding carboxylic acids is 1. The fourth-order valence-corrected chi connectivity index (χ4v) is 3.69. The summed E-state index contributed by atoms with van der Waals surface area (Å²) in [6.45, 7) is 8.55. The van der Waals surface area contributed by atoms with Crippen LogP contribution < -0.4 is 5.32 Å². The molecule has 1 N–H and O–H groups in total. The van der Waals surface area contributed by atoms with Gasteiger partial charge >= 0.3 is 0 Å². The van der Waals surface area contributed by atoms with Gasteiger partial charge in [-0.2, -0.15) is 0 Å². The molecule has 3 rings (SSSR count). The highest BCUT2D eigenvalue weighted by atomic mass is 32.2. The maximum Gasteiger partial charge on any atom is 0.237 e. The number of amides is 1. The van der Waals surface area contributed by atoms with E-state index in [1.54, 1.807) is 0 Å². The number of nitrogens with one attached hydrogen (secondary N) is 1. The third kappa shape index (κ3) is 4.77. The van der Waals surface area contributed by atoms with Gasteiger partial charge in [-0.25, -0.2) is 0 Å². The van der Waals surface area contributed by atoms with Crippen LogP contribution in [0.3, 0.4) is 0 Å². The van der Waals surface area contributed by atoms with Crippen LogP contribution in [-0.4, -0.2) is 25.9 Å². The molecule has 0 radical (unpaired) electrons. The molecule has 27 heavy (non-hydrogen) atoms. The number of hydrogen-bond donors (Lipinski definition) is 1. The van der Waals surface area contributed by atoms with E-state index in [1.165, 1.54) is 22.9 Å². The molecule has 1 aromatic heterocycles. The van der Waals surface area contributed by atoms with Crippen molar-refractivity contribution in [2.75, 3.05) is 5.32 Å². The van der Waals surface area contributed by atoms with Crippen LogP contribution >= 0.6 is 11.8 Å². The number of benzene rings is 2. The second-order valence-corrected chi connectivity index (χ2v) is 7.98. The summed E-state index contributed by atoms with van der Waals surface area (Å²) in [5, 5.41) is 11.9. The molecule has 1 amide bonds. The largest absolute Gasteiger partial charge is 0.325 e. The molecule has 3 aromatic rings. The standard InChI is InChI=1S/C21H24N4OS/c1-14-10-11-19(15(2)12-14)22-20(26)16(3)27-21-24-23-17(4)25(21)13-18-8-6-5-7-9-18/h5-12,16H,13H2,1-4H3,(H,22,26)/t16-/m0/s1. The molecule has 0 saturated heterocycles. The van der Waals surface area contributed by atoms with Crippen LogP contribution in [0.25, 0.3) is 0 Å². The molecule has 1 atom stereocenters. The first-order chi connectivity index (χ1) is 12.9. The van der Waals surface area contributed by atoms with E-state index in [2.05, 4.69) is 33.7 Å². The number of aromatic nitrogens is 3. The SMILES string of the molecule is Cc1ccc(NC(=O)[C@H](C)Sc2nnc(C)n2Cc2ccccc2)c(C)c1. The summed E-state index contributed by atoms with van der Waals surface area (Å²) in [6, 6.07) is 16.2. The van der Waals surface area contributed by atoms with Crippen molar-refractivity contribution in [3.8, 4) is 0 Å². The molecule has 2 aromatic carbocycles. The van der Waals surface area contributed by atoms with Gasteiger partial charge in [0, 0.05) is 5.69 Å². The quantitative estimate of drug-likeness (QED) is 0.645. The molecule has 0 saturated carbocycles. The minimum absolute atomic E-state index is 0.0427. The molecule has 140 valence electrons. The van der Waals surface area contributed by atoms with Crippen LogP contribution in [-0.2, 0) is 11.3 Å². The highest BCUT2D eigenvalue weighted by Gasteiger charge is 2.20. The van der Waals surface area contributed by atoms with Crippen LogP contribution in [0, 0.1) is 20.8 Å². The maximum absolute atomic E-state index is 12.6. The lowest BCUT2D eigenvalue weighted by Gasteiger charge is -2.14. The predicted molar refractivity (Wildman–Crippen MR) is 110 cm³/mol. The van der Waals surface area contributed by atoms with Gasteiger partial charge in [-0.15, -0.1) is 10.2 Å². The van der Waals surface area contributed by atoms with Crippen molar-refractivity contribution in [1.82, 2.24) is 14.8 Å². The summed E-state index contributed by atoms with van der Waals surface area (Å²) in [6.07, 6.45) is 0. The van der Waals surface area contributed by atoms with Gasteiger partial charge in [-0.3, -0.25) is 4.79 Å². The Morgan fingerprint density at radius 1 is 1.11 bits per heavy atom. The van der Waals surface area contributed by atoms with Crippen LogP contribution in [0.4, 0.5) is 5.69 Å². The average molecular weight is 381 g/mol. The summed E-state index contributed by atoms with van der Waals surface area (Å²) < 4.78 is 2.04. The average Bonchev–Trinajstić information content (AvgIpc) is 2.98. The zero-order valence-electron chi connectivity index (χ0n) is 16.1. The van der Waals surface area contributed by atoms with Gasteiger partial charge in [0.25, 0.3) is 0 Å². The molecule has 0 bridgehead atoms. The van der Waals surface area contributed by atoms with Crippen molar-refractivity contribution in [3.05, 3.63) is 71.0 Å². The van der Waals surface area contributed by atoms with Crippen molar-refractivity contribution in [1.29, 1.82) is 0 Å². The number of anilines is 1. The number of hydrogen-bond acceptors (Lipinski definition) is 4. The zero-order valence-corrected chi connectivity index (χ0v) is 16.9. The van der Waals surface area contributed by atoms with E-state index in [0.717, 1.165) is 22.2 Å². The van der Waals surface area contributed by atoms with Crippen molar-refractivity contribution in [3.63, 3.8) is 0 Å². The number of thioether (sulfide) groups is 1. The monoisotopic (exact) mass is 380 g/mol. The Bertz CT molecular complexity index is 937. The molecule has 0 aliphatic rings. The Morgan fingerprint density at radius 2 is 1.85 bits per heavy atom. The number of rotatable bonds is 6. The maximum atomic E-state index is 12.6. The van der Waals surface area contributed by atoms with E-state index in [9.17, 15) is 4.79 Å². The summed E-state index contributed by atoms with van der Waals surface area (Å²) in [7, 11) is 0. The van der Waals surface area contributed by atoms with Crippen molar-refractivity contribution in [2.24, 2.45) is 0 Å². The second kappa shape index (κ2) is 8.39. The minimum Gasteiger partial charge on any atom is -0.325 e. The van der Waals surface area contributed by atoms with Gasteiger partial charge in [0.05, 0.1) is 11.8 Å². The molecule has 0 aliphatic heterocycles. The van der Waals surface area contributed by atoms with Crippen LogP contribution in [0.1, 0.15) is 29.4 Å². The third-order valence-electron chi connectivity index (χ3n) is 4.38. The third-order valence-corrected chi connectivity index (χ3v) is 5.46. The lowest BCUT2D eigenvalue weighted by molar-refractivity contribution is -0.115. The topological polar surface area (TPSA) is 59.8 Å². The van der Waals surface area contributed by atoms with E-state index in [0.29, 0.717) is 6.54 Å². The van der Waals surface area contributed by atoms with Crippen molar-refractivity contribution in [2.45, 2.75) is 44.6 Å². The Balaban J connectivity index is 1.70. The van der Waals surface area contributed by atoms with Gasteiger partial charge in [0.15, 0.2) is 5.16 Å². The molecular formula is C21H24N4OS. The highest BCUT2D eigenvalue weighted by Crippen LogP contribution is 2.25. The van der Waals surface area contributed by atoms with Gasteiger partial charge in [0.1, 0.15) is 5.82 Å².